The molecule has 1 aliphatic heterocycles. The summed E-state index contributed by atoms with van der Waals surface area (Å²) in [4.78, 5) is 14.9. The third kappa shape index (κ3) is 3.30. The number of likely N-dealkylation sites (tertiary alicyclic amines) is 1. The highest BCUT2D eigenvalue weighted by atomic mass is 16.5. The number of benzene rings is 1. The van der Waals surface area contributed by atoms with Crippen molar-refractivity contribution in [2.75, 3.05) is 26.7 Å². The number of methoxy groups -OCH3 is 1. The van der Waals surface area contributed by atoms with Gasteiger partial charge in [0.25, 0.3) is 0 Å². The summed E-state index contributed by atoms with van der Waals surface area (Å²) in [5.74, 6) is 1.94. The van der Waals surface area contributed by atoms with Crippen molar-refractivity contribution < 1.29 is 9.53 Å². The fourth-order valence-corrected chi connectivity index (χ4v) is 4.51. The third-order valence-corrected chi connectivity index (χ3v) is 5.89. The molecule has 0 bridgehead atoms. The zero-order valence-corrected chi connectivity index (χ0v) is 14.5. The van der Waals surface area contributed by atoms with Crippen LogP contribution in [0.25, 0.3) is 0 Å². The highest BCUT2D eigenvalue weighted by molar-refractivity contribution is 5.81. The number of carbonyl (C=O) groups is 1. The Labute approximate surface area is 140 Å². The standard InChI is InChI=1S/C20H29NO2/c1-3-4-11-21-12-10-20(14-18(22)9-8-17(20)15-21)16-6-5-7-19(13-16)23-2/h5-7,13,17H,3-4,8-12,14-15H2,1-2H3/t17-,20+/m0/s1. The largest absolute Gasteiger partial charge is 0.497 e. The van der Waals surface area contributed by atoms with Crippen LogP contribution < -0.4 is 4.74 Å². The van der Waals surface area contributed by atoms with Gasteiger partial charge in [-0.1, -0.05) is 25.5 Å². The molecule has 3 nitrogen and oxygen atoms in total. The van der Waals surface area contributed by atoms with Crippen LogP contribution in [-0.4, -0.2) is 37.4 Å². The minimum absolute atomic E-state index is 0.0343. The summed E-state index contributed by atoms with van der Waals surface area (Å²) in [5.41, 5.74) is 1.34. The van der Waals surface area contributed by atoms with Gasteiger partial charge in [0.1, 0.15) is 11.5 Å². The highest BCUT2D eigenvalue weighted by Crippen LogP contribution is 2.48. The minimum Gasteiger partial charge on any atom is -0.497 e. The molecule has 0 radical (unpaired) electrons. The lowest BCUT2D eigenvalue weighted by molar-refractivity contribution is -0.125. The normalized spacial score (nSPS) is 28.4. The van der Waals surface area contributed by atoms with E-state index in [0.29, 0.717) is 18.1 Å². The first-order valence-electron chi connectivity index (χ1n) is 9.06. The number of piperidine rings is 1. The average molecular weight is 315 g/mol. The van der Waals surface area contributed by atoms with Crippen molar-refractivity contribution in [3.05, 3.63) is 29.8 Å². The van der Waals surface area contributed by atoms with E-state index in [2.05, 4.69) is 30.0 Å². The fourth-order valence-electron chi connectivity index (χ4n) is 4.51. The highest BCUT2D eigenvalue weighted by Gasteiger charge is 2.47. The summed E-state index contributed by atoms with van der Waals surface area (Å²) in [7, 11) is 1.72. The summed E-state index contributed by atoms with van der Waals surface area (Å²) in [6.07, 6.45) is 6.14. The van der Waals surface area contributed by atoms with Gasteiger partial charge in [-0.05, 0) is 56.0 Å². The molecule has 3 heteroatoms. The number of ether oxygens (including phenoxy) is 1. The lowest BCUT2D eigenvalue weighted by Crippen LogP contribution is -2.53. The number of nitrogens with zero attached hydrogens (tertiary/aromatic N) is 1. The van der Waals surface area contributed by atoms with E-state index >= 15 is 0 Å². The number of unbranched alkanes of at least 4 members (excludes halogenated alkanes) is 1. The van der Waals surface area contributed by atoms with Crippen LogP contribution in [0, 0.1) is 5.92 Å². The molecule has 1 saturated carbocycles. The molecule has 0 spiro atoms. The number of hydrogen-bond acceptors (Lipinski definition) is 3. The maximum Gasteiger partial charge on any atom is 0.133 e. The van der Waals surface area contributed by atoms with E-state index < -0.39 is 0 Å². The van der Waals surface area contributed by atoms with Crippen LogP contribution in [0.1, 0.15) is 51.0 Å². The Morgan fingerprint density at radius 2 is 2.26 bits per heavy atom. The number of rotatable bonds is 5. The van der Waals surface area contributed by atoms with Crippen molar-refractivity contribution in [1.82, 2.24) is 4.90 Å². The molecular weight excluding hydrogens is 286 g/mol. The van der Waals surface area contributed by atoms with Gasteiger partial charge < -0.3 is 9.64 Å². The Hall–Kier alpha value is -1.35. The molecule has 1 aromatic rings. The SMILES string of the molecule is CCCCN1CC[C@]2(c3cccc(OC)c3)CC(=O)CC[C@H]2C1. The van der Waals surface area contributed by atoms with Crippen molar-refractivity contribution in [3.8, 4) is 5.75 Å². The molecule has 0 aromatic heterocycles. The molecule has 0 N–H and O–H groups in total. The van der Waals surface area contributed by atoms with Gasteiger partial charge in [-0.2, -0.15) is 0 Å². The molecule has 1 saturated heterocycles. The molecule has 2 fully saturated rings. The van der Waals surface area contributed by atoms with Crippen LogP contribution in [0.4, 0.5) is 0 Å². The second kappa shape index (κ2) is 7.04. The van der Waals surface area contributed by atoms with E-state index in [0.717, 1.165) is 38.1 Å². The molecular formula is C20H29NO2. The fraction of sp³-hybridized carbons (Fsp3) is 0.650. The average Bonchev–Trinajstić information content (AvgIpc) is 2.59. The molecule has 0 amide bonds. The second-order valence-electron chi connectivity index (χ2n) is 7.24. The maximum absolute atomic E-state index is 12.3. The van der Waals surface area contributed by atoms with Gasteiger partial charge in [0.2, 0.25) is 0 Å². The van der Waals surface area contributed by atoms with Crippen LogP contribution >= 0.6 is 0 Å². The summed E-state index contributed by atoms with van der Waals surface area (Å²) < 4.78 is 5.43. The first kappa shape index (κ1) is 16.5. The smallest absolute Gasteiger partial charge is 0.133 e. The Morgan fingerprint density at radius 3 is 3.04 bits per heavy atom. The van der Waals surface area contributed by atoms with Crippen LogP contribution in [0.5, 0.6) is 5.75 Å². The van der Waals surface area contributed by atoms with Crippen molar-refractivity contribution in [3.63, 3.8) is 0 Å². The van der Waals surface area contributed by atoms with Gasteiger partial charge in [-0.25, -0.2) is 0 Å². The molecule has 1 aromatic carbocycles. The van der Waals surface area contributed by atoms with E-state index in [1.807, 2.05) is 6.07 Å². The zero-order valence-electron chi connectivity index (χ0n) is 14.5. The Morgan fingerprint density at radius 1 is 1.39 bits per heavy atom. The lowest BCUT2D eigenvalue weighted by Gasteiger charge is -2.50. The molecule has 2 aliphatic rings. The number of carbonyl (C=O) groups excluding carboxylic acids is 1. The van der Waals surface area contributed by atoms with Gasteiger partial charge in [-0.3, -0.25) is 4.79 Å². The Bertz CT molecular complexity index is 556. The molecule has 1 aliphatic carbocycles. The zero-order chi connectivity index (χ0) is 16.3. The van der Waals surface area contributed by atoms with Crippen LogP contribution in [-0.2, 0) is 10.2 Å². The summed E-state index contributed by atoms with van der Waals surface area (Å²) in [6, 6.07) is 8.43. The molecule has 126 valence electrons. The quantitative estimate of drug-likeness (QED) is 0.827. The molecule has 1 heterocycles. The van der Waals surface area contributed by atoms with E-state index in [1.54, 1.807) is 7.11 Å². The Kier molecular flexibility index (Phi) is 5.05. The van der Waals surface area contributed by atoms with Crippen molar-refractivity contribution in [2.45, 2.75) is 50.9 Å². The van der Waals surface area contributed by atoms with E-state index in [9.17, 15) is 4.79 Å². The van der Waals surface area contributed by atoms with Crippen LogP contribution in [0.15, 0.2) is 24.3 Å². The molecule has 3 rings (SSSR count). The van der Waals surface area contributed by atoms with Crippen molar-refractivity contribution in [2.24, 2.45) is 5.92 Å². The lowest BCUT2D eigenvalue weighted by atomic mass is 9.59. The van der Waals surface area contributed by atoms with Gasteiger partial charge in [0, 0.05) is 24.8 Å². The van der Waals surface area contributed by atoms with Gasteiger partial charge in [0.15, 0.2) is 0 Å². The summed E-state index contributed by atoms with van der Waals surface area (Å²) in [5, 5.41) is 0. The van der Waals surface area contributed by atoms with Crippen molar-refractivity contribution in [1.29, 1.82) is 0 Å². The summed E-state index contributed by atoms with van der Waals surface area (Å²) in [6.45, 7) is 5.71. The van der Waals surface area contributed by atoms with Crippen molar-refractivity contribution >= 4 is 5.78 Å². The van der Waals surface area contributed by atoms with E-state index in [4.69, 9.17) is 4.74 Å². The van der Waals surface area contributed by atoms with Gasteiger partial charge in [-0.15, -0.1) is 0 Å². The first-order chi connectivity index (χ1) is 11.2. The maximum atomic E-state index is 12.3. The van der Waals surface area contributed by atoms with Gasteiger partial charge >= 0.3 is 0 Å². The predicted octanol–water partition coefficient (Wildman–Crippen LogP) is 3.81. The molecule has 23 heavy (non-hydrogen) atoms. The summed E-state index contributed by atoms with van der Waals surface area (Å²) >= 11 is 0. The predicted molar refractivity (Wildman–Crippen MR) is 93.0 cm³/mol. The van der Waals surface area contributed by atoms with Gasteiger partial charge in [0.05, 0.1) is 7.11 Å². The van der Waals surface area contributed by atoms with Crippen LogP contribution in [0.2, 0.25) is 0 Å². The molecule has 0 unspecified atom stereocenters. The first-order valence-corrected chi connectivity index (χ1v) is 9.06. The monoisotopic (exact) mass is 315 g/mol. The third-order valence-electron chi connectivity index (χ3n) is 5.89. The number of fused-ring (bicyclic) bond motifs is 1. The minimum atomic E-state index is 0.0343. The number of Topliss-reactive ketones (excluding diaryl/α,β-unsaturated/α-hetero) is 1. The topological polar surface area (TPSA) is 29.5 Å². The van der Waals surface area contributed by atoms with E-state index in [1.165, 1.54) is 24.9 Å². The number of ketones is 1. The number of hydrogen-bond donors (Lipinski definition) is 0. The Balaban J connectivity index is 1.87. The van der Waals surface area contributed by atoms with Crippen LogP contribution in [0.3, 0.4) is 0 Å². The molecule has 2 atom stereocenters. The van der Waals surface area contributed by atoms with E-state index in [-0.39, 0.29) is 5.41 Å². The second-order valence-corrected chi connectivity index (χ2v) is 7.24.